The summed E-state index contributed by atoms with van der Waals surface area (Å²) in [5.74, 6) is 0.336. The Morgan fingerprint density at radius 2 is 1.88 bits per heavy atom. The van der Waals surface area contributed by atoms with Crippen molar-refractivity contribution < 1.29 is 34.1 Å². The van der Waals surface area contributed by atoms with Gasteiger partial charge < -0.3 is 39.4 Å². The maximum absolute atomic E-state index is 13.9. The molecule has 3 N–H and O–H groups in total. The van der Waals surface area contributed by atoms with Crippen LogP contribution in [0.4, 0.5) is 0 Å². The summed E-state index contributed by atoms with van der Waals surface area (Å²) in [5.41, 5.74) is -0.271. The van der Waals surface area contributed by atoms with Crippen LogP contribution in [0, 0.1) is 5.41 Å². The molecule has 0 radical (unpaired) electrons. The average Bonchev–Trinajstić information content (AvgIpc) is 3.56. The van der Waals surface area contributed by atoms with Crippen molar-refractivity contribution in [3.63, 3.8) is 0 Å². The fourth-order valence-electron chi connectivity index (χ4n) is 6.33. The molecule has 1 aromatic rings. The van der Waals surface area contributed by atoms with Crippen LogP contribution in [0.1, 0.15) is 45.9 Å². The molecule has 3 amide bonds. The number of hydrogen-bond acceptors (Lipinski definition) is 9. The summed E-state index contributed by atoms with van der Waals surface area (Å²) < 4.78 is 13.9. The SMILES string of the molecule is Cn1ccnc1CN1C[C@@H]2C[C@H]1C(=O)N1CCO[C@H](CN(C(=O)CC(C)(C)C)C[C@H]3O[C@@H](CC(=O)N2)[C@H](O)[C@@H]3O)C1. The Hall–Kier alpha value is -2.58. The number of aryl methyl sites for hydroxylation is 1. The van der Waals surface area contributed by atoms with Gasteiger partial charge in [0.2, 0.25) is 17.7 Å². The molecule has 4 fully saturated rings. The summed E-state index contributed by atoms with van der Waals surface area (Å²) in [6.45, 7) is 8.21. The average molecular weight is 577 g/mol. The molecule has 1 aromatic heterocycles. The van der Waals surface area contributed by atoms with Crippen molar-refractivity contribution in [3.8, 4) is 0 Å². The van der Waals surface area contributed by atoms with E-state index in [4.69, 9.17) is 9.47 Å². The first-order valence-electron chi connectivity index (χ1n) is 14.6. The van der Waals surface area contributed by atoms with E-state index in [9.17, 15) is 24.6 Å². The van der Waals surface area contributed by atoms with Gasteiger partial charge in [-0.05, 0) is 11.8 Å². The van der Waals surface area contributed by atoms with E-state index >= 15 is 0 Å². The van der Waals surface area contributed by atoms with E-state index < -0.39 is 36.6 Å². The molecule has 4 aliphatic rings. The van der Waals surface area contributed by atoms with E-state index in [1.165, 1.54) is 0 Å². The number of amides is 3. The van der Waals surface area contributed by atoms with Gasteiger partial charge in [-0.2, -0.15) is 0 Å². The van der Waals surface area contributed by atoms with Gasteiger partial charge in [-0.25, -0.2) is 4.98 Å². The van der Waals surface area contributed by atoms with Gasteiger partial charge in [-0.3, -0.25) is 19.3 Å². The number of carbonyl (C=O) groups excluding carboxylic acids is 3. The number of imidazole rings is 1. The molecule has 0 unspecified atom stereocenters. The van der Waals surface area contributed by atoms with Crippen molar-refractivity contribution in [3.05, 3.63) is 18.2 Å². The second-order valence-electron chi connectivity index (χ2n) is 13.1. The minimum Gasteiger partial charge on any atom is -0.388 e. The maximum atomic E-state index is 13.9. The summed E-state index contributed by atoms with van der Waals surface area (Å²) in [6, 6.07) is -0.729. The largest absolute Gasteiger partial charge is 0.388 e. The zero-order chi connectivity index (χ0) is 29.5. The van der Waals surface area contributed by atoms with Crippen LogP contribution in [0.3, 0.4) is 0 Å². The predicted octanol–water partition coefficient (Wildman–Crippen LogP) is -1.14. The van der Waals surface area contributed by atoms with Gasteiger partial charge >= 0.3 is 0 Å². The molecule has 5 heterocycles. The summed E-state index contributed by atoms with van der Waals surface area (Å²) in [7, 11) is 1.91. The number of aliphatic hydroxyl groups is 2. The molecule has 0 aromatic carbocycles. The number of hydrogen-bond donors (Lipinski definition) is 3. The summed E-state index contributed by atoms with van der Waals surface area (Å²) in [4.78, 5) is 50.3. The highest BCUT2D eigenvalue weighted by Gasteiger charge is 2.46. The molecule has 41 heavy (non-hydrogen) atoms. The molecule has 228 valence electrons. The maximum Gasteiger partial charge on any atom is 0.240 e. The van der Waals surface area contributed by atoms with Crippen molar-refractivity contribution in [1.29, 1.82) is 0 Å². The Morgan fingerprint density at radius 3 is 2.59 bits per heavy atom. The lowest BCUT2D eigenvalue weighted by Crippen LogP contribution is -2.55. The van der Waals surface area contributed by atoms with Crippen LogP contribution in [0.15, 0.2) is 12.4 Å². The minimum absolute atomic E-state index is 0.0295. The Morgan fingerprint density at radius 1 is 1.12 bits per heavy atom. The molecule has 7 atom stereocenters. The molecule has 0 saturated carbocycles. The molecule has 4 aliphatic heterocycles. The van der Waals surface area contributed by atoms with Crippen molar-refractivity contribution in [2.45, 2.75) is 89.2 Å². The predicted molar refractivity (Wildman–Crippen MR) is 146 cm³/mol. The number of likely N-dealkylation sites (tertiary alicyclic amines) is 1. The van der Waals surface area contributed by atoms with Crippen molar-refractivity contribution in [2.24, 2.45) is 12.5 Å². The third-order valence-corrected chi connectivity index (χ3v) is 8.48. The molecule has 5 rings (SSSR count). The van der Waals surface area contributed by atoms with Gasteiger partial charge in [-0.1, -0.05) is 20.8 Å². The second kappa shape index (κ2) is 12.0. The third-order valence-electron chi connectivity index (χ3n) is 8.48. The van der Waals surface area contributed by atoms with E-state index in [1.54, 1.807) is 16.0 Å². The number of aromatic nitrogens is 2. The zero-order valence-electron chi connectivity index (χ0n) is 24.4. The number of nitrogens with one attached hydrogen (secondary N) is 1. The number of fused-ring (bicyclic) bond motifs is 6. The van der Waals surface area contributed by atoms with Crippen LogP contribution in [0.2, 0.25) is 0 Å². The number of carbonyl (C=O) groups is 3. The highest BCUT2D eigenvalue weighted by molar-refractivity contribution is 5.83. The molecule has 0 spiro atoms. The van der Waals surface area contributed by atoms with Gasteiger partial charge in [0.1, 0.15) is 24.1 Å². The monoisotopic (exact) mass is 576 g/mol. The normalized spacial score (nSPS) is 33.8. The van der Waals surface area contributed by atoms with E-state index in [-0.39, 0.29) is 55.1 Å². The van der Waals surface area contributed by atoms with Crippen molar-refractivity contribution >= 4 is 17.7 Å². The topological polar surface area (TPSA) is 150 Å². The third kappa shape index (κ3) is 6.91. The molecule has 6 bridgehead atoms. The quantitative estimate of drug-likeness (QED) is 0.406. The van der Waals surface area contributed by atoms with Crippen LogP contribution < -0.4 is 5.32 Å². The van der Waals surface area contributed by atoms with Gasteiger partial charge in [0, 0.05) is 64.6 Å². The van der Waals surface area contributed by atoms with E-state index in [0.717, 1.165) is 5.82 Å². The molecule has 0 aliphatic carbocycles. The standard InChI is InChI=1S/C28H44N6O7/c1-28(2,3)11-24(36)34-14-18-13-32(7-8-40-18)27(39)19-9-17(12-33(19)16-22-29-5-6-31(22)4)30-23(35)10-20-25(37)26(38)21(15-34)41-20/h5-6,17-21,25-26,37-38H,7-16H2,1-4H3,(H,30,35)/t17-,18-,19-,20-,21+,25-,26+/m0/s1. The smallest absolute Gasteiger partial charge is 0.240 e. The number of ether oxygens (including phenoxy) is 2. The molecule has 13 nitrogen and oxygen atoms in total. The van der Waals surface area contributed by atoms with E-state index in [1.807, 2.05) is 38.6 Å². The highest BCUT2D eigenvalue weighted by atomic mass is 16.5. The molecule has 13 heteroatoms. The minimum atomic E-state index is -1.26. The Kier molecular flexibility index (Phi) is 8.72. The van der Waals surface area contributed by atoms with E-state index in [0.29, 0.717) is 39.2 Å². The van der Waals surface area contributed by atoms with E-state index in [2.05, 4.69) is 15.2 Å². The number of nitrogens with zero attached hydrogens (tertiary/aromatic N) is 5. The highest BCUT2D eigenvalue weighted by Crippen LogP contribution is 2.28. The Bertz CT molecular complexity index is 1120. The number of rotatable bonds is 3. The lowest BCUT2D eigenvalue weighted by Gasteiger charge is -2.39. The Labute approximate surface area is 240 Å². The number of morpholine rings is 1. The summed E-state index contributed by atoms with van der Waals surface area (Å²) >= 11 is 0. The first-order chi connectivity index (χ1) is 19.4. The molecular formula is C28H44N6O7. The van der Waals surface area contributed by atoms with Crippen molar-refractivity contribution in [2.75, 3.05) is 39.3 Å². The van der Waals surface area contributed by atoms with Crippen LogP contribution >= 0.6 is 0 Å². The zero-order valence-corrected chi connectivity index (χ0v) is 24.4. The summed E-state index contributed by atoms with van der Waals surface area (Å²) in [5, 5.41) is 24.6. The Balaban J connectivity index is 1.42. The molecular weight excluding hydrogens is 532 g/mol. The first kappa shape index (κ1) is 29.9. The van der Waals surface area contributed by atoms with Gasteiger partial charge in [-0.15, -0.1) is 0 Å². The fraction of sp³-hybridized carbons (Fsp3) is 0.786. The first-order valence-corrected chi connectivity index (χ1v) is 14.6. The van der Waals surface area contributed by atoms with Gasteiger partial charge in [0.15, 0.2) is 0 Å². The lowest BCUT2D eigenvalue weighted by atomic mass is 9.91. The lowest BCUT2D eigenvalue weighted by molar-refractivity contribution is -0.148. The van der Waals surface area contributed by atoms with Crippen LogP contribution in [-0.4, -0.2) is 134 Å². The second-order valence-corrected chi connectivity index (χ2v) is 13.1. The van der Waals surface area contributed by atoms with Crippen LogP contribution in [-0.2, 0) is 37.4 Å². The summed E-state index contributed by atoms with van der Waals surface area (Å²) in [6.07, 6.45) is -0.550. The number of aliphatic hydroxyl groups excluding tert-OH is 2. The van der Waals surface area contributed by atoms with Gasteiger partial charge in [0.25, 0.3) is 0 Å². The molecule has 4 saturated heterocycles. The van der Waals surface area contributed by atoms with Crippen molar-refractivity contribution in [1.82, 2.24) is 29.6 Å². The fourth-order valence-corrected chi connectivity index (χ4v) is 6.33. The van der Waals surface area contributed by atoms with Crippen LogP contribution in [0.5, 0.6) is 0 Å². The van der Waals surface area contributed by atoms with Crippen LogP contribution in [0.25, 0.3) is 0 Å². The van der Waals surface area contributed by atoms with Gasteiger partial charge in [0.05, 0.1) is 37.8 Å².